The lowest BCUT2D eigenvalue weighted by molar-refractivity contribution is 0.440. The van der Waals surface area contributed by atoms with E-state index in [1.54, 1.807) is 19.3 Å². The maximum atomic E-state index is 3.86. The molecule has 0 amide bonds. The molecule has 4 fully saturated rings. The topological polar surface area (TPSA) is 24.1 Å². The minimum Gasteiger partial charge on any atom is -0.313 e. The highest BCUT2D eigenvalue weighted by Crippen LogP contribution is 2.65. The van der Waals surface area contributed by atoms with Gasteiger partial charge in [0.1, 0.15) is 0 Å². The van der Waals surface area contributed by atoms with Crippen LogP contribution in [0.2, 0.25) is 0 Å². The molecule has 0 aromatic heterocycles. The van der Waals surface area contributed by atoms with E-state index in [1.807, 2.05) is 0 Å². The number of fused-ring (bicyclic) bond motifs is 5. The monoisotopic (exact) mass is 252 g/mol. The zero-order valence-corrected chi connectivity index (χ0v) is 11.3. The summed E-state index contributed by atoms with van der Waals surface area (Å²) in [4.78, 5) is 0. The van der Waals surface area contributed by atoms with Crippen LogP contribution in [0.4, 0.5) is 0 Å². The second-order valence-electron chi connectivity index (χ2n) is 6.48. The van der Waals surface area contributed by atoms with Gasteiger partial charge in [-0.2, -0.15) is 11.8 Å². The van der Waals surface area contributed by atoms with Gasteiger partial charge in [0.15, 0.2) is 0 Å². The molecule has 1 heterocycles. The van der Waals surface area contributed by atoms with E-state index in [1.165, 1.54) is 31.0 Å². The van der Waals surface area contributed by atoms with Crippen LogP contribution in [0, 0.1) is 23.7 Å². The van der Waals surface area contributed by atoms with Crippen LogP contribution in [-0.2, 0) is 0 Å². The quantitative estimate of drug-likeness (QED) is 0.796. The first-order valence-electron chi connectivity index (χ1n) is 7.48. The minimum atomic E-state index is 0.775. The first-order chi connectivity index (χ1) is 8.43. The summed E-state index contributed by atoms with van der Waals surface area (Å²) < 4.78 is 0. The Bertz CT molecular complexity index is 274. The van der Waals surface area contributed by atoms with E-state index in [9.17, 15) is 0 Å². The normalized spacial score (nSPS) is 51.5. The number of hydrogen-bond donors (Lipinski definition) is 2. The summed E-state index contributed by atoms with van der Waals surface area (Å²) in [6.45, 7) is 2.46. The highest BCUT2D eigenvalue weighted by atomic mass is 32.2. The molecular weight excluding hydrogens is 228 g/mol. The summed E-state index contributed by atoms with van der Waals surface area (Å²) >= 11 is 2.11. The van der Waals surface area contributed by atoms with Crippen LogP contribution in [0.1, 0.15) is 25.7 Å². The molecule has 3 saturated carbocycles. The summed E-state index contributed by atoms with van der Waals surface area (Å²) in [6, 6.07) is 1.70. The van der Waals surface area contributed by atoms with Crippen LogP contribution in [0.3, 0.4) is 0 Å². The lowest BCUT2D eigenvalue weighted by Crippen LogP contribution is -2.40. The van der Waals surface area contributed by atoms with Crippen molar-refractivity contribution in [2.45, 2.75) is 37.8 Å². The second kappa shape index (κ2) is 4.43. The predicted molar refractivity (Wildman–Crippen MR) is 73.3 cm³/mol. The van der Waals surface area contributed by atoms with Crippen LogP contribution in [-0.4, -0.2) is 36.7 Å². The summed E-state index contributed by atoms with van der Waals surface area (Å²) in [6.07, 6.45) is 6.00. The fourth-order valence-electron chi connectivity index (χ4n) is 4.83. The Balaban J connectivity index is 1.20. The average Bonchev–Trinajstić information content (AvgIpc) is 2.78. The molecule has 2 bridgehead atoms. The predicted octanol–water partition coefficient (Wildman–Crippen LogP) is 1.72. The van der Waals surface area contributed by atoms with Gasteiger partial charge in [-0.15, -0.1) is 0 Å². The van der Waals surface area contributed by atoms with E-state index in [4.69, 9.17) is 0 Å². The maximum absolute atomic E-state index is 3.86. The molecule has 2 nitrogen and oxygen atoms in total. The van der Waals surface area contributed by atoms with Gasteiger partial charge in [-0.3, -0.25) is 0 Å². The third-order valence-corrected chi connectivity index (χ3v) is 6.74. The molecule has 17 heavy (non-hydrogen) atoms. The van der Waals surface area contributed by atoms with Crippen LogP contribution < -0.4 is 10.6 Å². The third kappa shape index (κ3) is 1.95. The first kappa shape index (κ1) is 11.1. The molecule has 0 aromatic carbocycles. The molecule has 96 valence electrons. The molecule has 1 aliphatic heterocycles. The van der Waals surface area contributed by atoms with Gasteiger partial charge in [0, 0.05) is 30.1 Å². The molecule has 0 aromatic rings. The van der Waals surface area contributed by atoms with Gasteiger partial charge in [0.2, 0.25) is 0 Å². The van der Waals surface area contributed by atoms with E-state index in [2.05, 4.69) is 22.4 Å². The van der Waals surface area contributed by atoms with Crippen molar-refractivity contribution in [1.82, 2.24) is 10.6 Å². The molecule has 4 aliphatic rings. The number of nitrogens with one attached hydrogen (secondary N) is 2. The molecule has 4 rings (SSSR count). The maximum Gasteiger partial charge on any atom is 0.0170 e. The Labute approximate surface area is 109 Å². The summed E-state index contributed by atoms with van der Waals surface area (Å²) in [5.41, 5.74) is 0. The minimum absolute atomic E-state index is 0.775. The zero-order chi connectivity index (χ0) is 11.2. The molecule has 2 N–H and O–H groups in total. The van der Waals surface area contributed by atoms with E-state index < -0.39 is 0 Å². The van der Waals surface area contributed by atoms with Gasteiger partial charge < -0.3 is 10.6 Å². The van der Waals surface area contributed by atoms with Gasteiger partial charge in [-0.25, -0.2) is 0 Å². The summed E-state index contributed by atoms with van der Waals surface area (Å²) in [7, 11) is 0. The van der Waals surface area contributed by atoms with Crippen LogP contribution in [0.5, 0.6) is 0 Å². The van der Waals surface area contributed by atoms with Gasteiger partial charge >= 0.3 is 0 Å². The standard InChI is InChI=1S/C14H24N2S/c1-2-10-7-9(1)12-13(10)14(12)16-4-3-11-8-17-6-5-15-11/h9-16H,1-8H2. The molecule has 3 aliphatic carbocycles. The fraction of sp³-hybridized carbons (Fsp3) is 1.00. The van der Waals surface area contributed by atoms with Crippen molar-refractivity contribution in [2.75, 3.05) is 24.6 Å². The first-order valence-corrected chi connectivity index (χ1v) is 8.63. The Morgan fingerprint density at radius 1 is 1.18 bits per heavy atom. The van der Waals surface area contributed by atoms with E-state index in [-0.39, 0.29) is 0 Å². The van der Waals surface area contributed by atoms with E-state index >= 15 is 0 Å². The van der Waals surface area contributed by atoms with Crippen molar-refractivity contribution in [2.24, 2.45) is 23.7 Å². The van der Waals surface area contributed by atoms with Crippen molar-refractivity contribution in [3.8, 4) is 0 Å². The highest BCUT2D eigenvalue weighted by Gasteiger charge is 2.64. The molecular formula is C14H24N2S. The lowest BCUT2D eigenvalue weighted by Gasteiger charge is -2.23. The molecule has 0 radical (unpaired) electrons. The lowest BCUT2D eigenvalue weighted by atomic mass is 10.0. The number of rotatable bonds is 4. The average molecular weight is 252 g/mol. The Hall–Kier alpha value is 0.270. The van der Waals surface area contributed by atoms with Gasteiger partial charge in [0.05, 0.1) is 0 Å². The van der Waals surface area contributed by atoms with E-state index in [0.29, 0.717) is 0 Å². The van der Waals surface area contributed by atoms with Crippen LogP contribution in [0.15, 0.2) is 0 Å². The molecule has 5 unspecified atom stereocenters. The van der Waals surface area contributed by atoms with Crippen molar-refractivity contribution >= 4 is 11.8 Å². The van der Waals surface area contributed by atoms with Crippen molar-refractivity contribution < 1.29 is 0 Å². The SMILES string of the molecule is C1CSCC(CCNC2C3C4CCC(C4)C23)N1. The van der Waals surface area contributed by atoms with Crippen LogP contribution >= 0.6 is 11.8 Å². The Kier molecular flexibility index (Phi) is 2.90. The second-order valence-corrected chi connectivity index (χ2v) is 7.63. The van der Waals surface area contributed by atoms with Gasteiger partial charge in [-0.1, -0.05) is 0 Å². The highest BCUT2D eigenvalue weighted by molar-refractivity contribution is 7.99. The van der Waals surface area contributed by atoms with Crippen LogP contribution in [0.25, 0.3) is 0 Å². The van der Waals surface area contributed by atoms with Crippen molar-refractivity contribution in [1.29, 1.82) is 0 Å². The zero-order valence-electron chi connectivity index (χ0n) is 10.5. The Morgan fingerprint density at radius 3 is 2.71 bits per heavy atom. The fourth-order valence-corrected chi connectivity index (χ4v) is 5.83. The summed E-state index contributed by atoms with van der Waals surface area (Å²) in [5, 5.41) is 7.49. The van der Waals surface area contributed by atoms with Gasteiger partial charge in [-0.05, 0) is 55.9 Å². The van der Waals surface area contributed by atoms with E-state index in [0.717, 1.165) is 35.8 Å². The molecule has 5 atom stereocenters. The summed E-state index contributed by atoms with van der Waals surface area (Å²) in [5.74, 6) is 7.06. The third-order valence-electron chi connectivity index (χ3n) is 5.61. The Morgan fingerprint density at radius 2 is 2.00 bits per heavy atom. The molecule has 0 spiro atoms. The van der Waals surface area contributed by atoms with Gasteiger partial charge in [0.25, 0.3) is 0 Å². The largest absolute Gasteiger partial charge is 0.313 e. The van der Waals surface area contributed by atoms with Crippen molar-refractivity contribution in [3.05, 3.63) is 0 Å². The molecule has 1 saturated heterocycles. The molecule has 3 heteroatoms. The van der Waals surface area contributed by atoms with Crippen molar-refractivity contribution in [3.63, 3.8) is 0 Å². The smallest absolute Gasteiger partial charge is 0.0170 e. The number of hydrogen-bond acceptors (Lipinski definition) is 3. The number of thioether (sulfide) groups is 1.